The second kappa shape index (κ2) is 9.46. The Kier molecular flexibility index (Phi) is 6.22. The molecule has 3 rings (SSSR count). The number of carbonyl (C=O) groups is 1. The molecular weight excluding hydrogens is 563 g/mol. The molecule has 0 aliphatic carbocycles. The van der Waals surface area contributed by atoms with Gasteiger partial charge >= 0.3 is 33.4 Å². The summed E-state index contributed by atoms with van der Waals surface area (Å²) in [5, 5.41) is -0.996. The summed E-state index contributed by atoms with van der Waals surface area (Å²) in [6.07, 6.45) is -5.45. The zero-order valence-electron chi connectivity index (χ0n) is 21.7. The van der Waals surface area contributed by atoms with Crippen LogP contribution in [0.1, 0.15) is 29.6 Å². The molecule has 8 nitrogen and oxygen atoms in total. The topological polar surface area (TPSA) is 103 Å². The van der Waals surface area contributed by atoms with Gasteiger partial charge in [0.15, 0.2) is 5.76 Å². The van der Waals surface area contributed by atoms with Gasteiger partial charge in [-0.1, -0.05) is 6.92 Å². The number of aryl methyl sites for hydroxylation is 1. The average molecular weight is 583 g/mol. The second-order valence-corrected chi connectivity index (χ2v) is 9.57. The average Bonchev–Trinajstić information content (AvgIpc) is 3.25. The molecule has 0 fully saturated rings. The lowest BCUT2D eigenvalue weighted by molar-refractivity contribution is -0.382. The maximum absolute atomic E-state index is 14.3. The molecule has 1 aliphatic rings. The predicted molar refractivity (Wildman–Crippen MR) is 112 cm³/mol. The van der Waals surface area contributed by atoms with Crippen molar-refractivity contribution in [3.05, 3.63) is 36.3 Å². The Balaban J connectivity index is 2.19. The van der Waals surface area contributed by atoms with Crippen molar-refractivity contribution < 1.29 is 61.0 Å². The normalized spacial score (nSPS) is 20.9. The molecule has 210 valence electrons. The van der Waals surface area contributed by atoms with E-state index < -0.39 is 70.1 Å². The first-order valence-electron chi connectivity index (χ1n) is 11.7. The molecule has 0 unspecified atom stereocenters. The third kappa shape index (κ3) is 4.80. The summed E-state index contributed by atoms with van der Waals surface area (Å²) in [7, 11) is -7.32. The molecule has 1 N–H and O–H groups in total. The SMILES string of the molecule is [2H]C([2H])([2H])n1ncc2c1-c1ccnc(c1)/C(OS(=O)(=O)C(F)(F)C(F)(F)C(F)(F)C(F)(F)F)=C\CC[C@@H](C)C(=O)N2. The summed E-state index contributed by atoms with van der Waals surface area (Å²) in [6.45, 7) is -1.63. The Hall–Kier alpha value is -3.31. The first kappa shape index (κ1) is 25.0. The first-order valence-corrected chi connectivity index (χ1v) is 11.6. The van der Waals surface area contributed by atoms with Gasteiger partial charge in [-0.25, -0.2) is 0 Å². The number of rotatable bonds is 5. The molecule has 0 spiro atoms. The van der Waals surface area contributed by atoms with Crippen molar-refractivity contribution in [1.82, 2.24) is 14.8 Å². The lowest BCUT2D eigenvalue weighted by Crippen LogP contribution is -2.63. The van der Waals surface area contributed by atoms with E-state index in [0.29, 0.717) is 10.8 Å². The minimum atomic E-state index is -7.54. The molecule has 2 aromatic heterocycles. The molecule has 2 aromatic rings. The minimum Gasteiger partial charge on any atom is -0.376 e. The second-order valence-electron chi connectivity index (χ2n) is 7.99. The van der Waals surface area contributed by atoms with E-state index in [4.69, 9.17) is 4.11 Å². The van der Waals surface area contributed by atoms with Gasteiger partial charge in [0, 0.05) is 28.8 Å². The number of nitrogens with zero attached hydrogens (tertiary/aromatic N) is 3. The van der Waals surface area contributed by atoms with Crippen LogP contribution in [0.5, 0.6) is 0 Å². The number of anilines is 1. The van der Waals surface area contributed by atoms with Crippen molar-refractivity contribution in [3.8, 4) is 11.3 Å². The molecule has 3 heterocycles. The fourth-order valence-corrected chi connectivity index (χ4v) is 4.09. The number of amides is 1. The smallest absolute Gasteiger partial charge is 0.376 e. The Morgan fingerprint density at radius 1 is 1.13 bits per heavy atom. The third-order valence-corrected chi connectivity index (χ3v) is 6.60. The van der Waals surface area contributed by atoms with Crippen LogP contribution in [0.4, 0.5) is 45.2 Å². The van der Waals surface area contributed by atoms with Gasteiger partial charge < -0.3 is 9.50 Å². The van der Waals surface area contributed by atoms with Gasteiger partial charge in [0.2, 0.25) is 5.91 Å². The fourth-order valence-electron chi connectivity index (χ4n) is 3.15. The van der Waals surface area contributed by atoms with E-state index in [1.54, 1.807) is 0 Å². The van der Waals surface area contributed by atoms with Gasteiger partial charge in [-0.3, -0.25) is 14.5 Å². The fraction of sp³-hybridized carbons (Fsp3) is 0.450. The summed E-state index contributed by atoms with van der Waals surface area (Å²) >= 11 is 0. The van der Waals surface area contributed by atoms with E-state index in [0.717, 1.165) is 24.5 Å². The number of fused-ring (bicyclic) bond motifs is 4. The lowest BCUT2D eigenvalue weighted by Gasteiger charge is -2.32. The van der Waals surface area contributed by atoms with E-state index >= 15 is 0 Å². The predicted octanol–water partition coefficient (Wildman–Crippen LogP) is 4.96. The first-order chi connectivity index (χ1) is 18.5. The lowest BCUT2D eigenvalue weighted by atomic mass is 10.0. The van der Waals surface area contributed by atoms with E-state index in [2.05, 4.69) is 19.6 Å². The molecule has 0 aromatic carbocycles. The Morgan fingerprint density at radius 2 is 1.79 bits per heavy atom. The number of nitrogens with one attached hydrogen (secondary N) is 1. The van der Waals surface area contributed by atoms with Crippen molar-refractivity contribution in [2.24, 2.45) is 12.9 Å². The number of halogens is 9. The van der Waals surface area contributed by atoms with Crippen molar-refractivity contribution in [1.29, 1.82) is 0 Å². The zero-order chi connectivity index (χ0) is 31.4. The molecule has 1 amide bonds. The number of pyridine rings is 1. The largest absolute Gasteiger partial charge is 0.460 e. The van der Waals surface area contributed by atoms with Crippen LogP contribution >= 0.6 is 0 Å². The van der Waals surface area contributed by atoms with Crippen molar-refractivity contribution >= 4 is 27.5 Å². The molecule has 18 heteroatoms. The maximum Gasteiger partial charge on any atom is 0.460 e. The van der Waals surface area contributed by atoms with Gasteiger partial charge in [0.1, 0.15) is 5.69 Å². The molecule has 2 bridgehead atoms. The Bertz CT molecular complexity index is 1470. The highest BCUT2D eigenvalue weighted by molar-refractivity contribution is 7.88. The summed E-state index contributed by atoms with van der Waals surface area (Å²) in [4.78, 5) is 16.3. The van der Waals surface area contributed by atoms with Crippen LogP contribution < -0.4 is 5.32 Å². The van der Waals surface area contributed by atoms with Gasteiger partial charge in [-0.05, 0) is 31.1 Å². The van der Waals surface area contributed by atoms with Crippen LogP contribution in [-0.2, 0) is 26.1 Å². The Labute approximate surface area is 212 Å². The number of carbonyl (C=O) groups excluding carboxylic acids is 1. The molecule has 1 aliphatic heterocycles. The third-order valence-electron chi connectivity index (χ3n) is 5.32. The molecule has 38 heavy (non-hydrogen) atoms. The van der Waals surface area contributed by atoms with Crippen LogP contribution in [0.3, 0.4) is 0 Å². The number of hydrogen-bond donors (Lipinski definition) is 1. The monoisotopic (exact) mass is 583 g/mol. The summed E-state index contributed by atoms with van der Waals surface area (Å²) < 4.78 is 172. The van der Waals surface area contributed by atoms with E-state index in [-0.39, 0.29) is 23.4 Å². The molecule has 0 saturated heterocycles. The number of allylic oxidation sites excluding steroid dienone is 1. The highest BCUT2D eigenvalue weighted by Crippen LogP contribution is 2.55. The summed E-state index contributed by atoms with van der Waals surface area (Å²) in [5.41, 5.74) is -1.50. The van der Waals surface area contributed by atoms with Crippen LogP contribution in [0, 0.1) is 5.92 Å². The quantitative estimate of drug-likeness (QED) is 0.394. The van der Waals surface area contributed by atoms with E-state index in [9.17, 15) is 52.7 Å². The number of hydrogen-bond acceptors (Lipinski definition) is 6. The summed E-state index contributed by atoms with van der Waals surface area (Å²) in [5.74, 6) is -18.0. The van der Waals surface area contributed by atoms with Crippen molar-refractivity contribution in [2.75, 3.05) is 5.32 Å². The van der Waals surface area contributed by atoms with Gasteiger partial charge in [-0.15, -0.1) is 0 Å². The van der Waals surface area contributed by atoms with Crippen LogP contribution in [-0.4, -0.2) is 52.4 Å². The number of aromatic nitrogens is 3. The molecule has 1 atom stereocenters. The zero-order valence-corrected chi connectivity index (χ0v) is 19.5. The van der Waals surface area contributed by atoms with Gasteiger partial charge in [0.05, 0.1) is 17.6 Å². The minimum absolute atomic E-state index is 0.171. The molecule has 0 radical (unpaired) electrons. The van der Waals surface area contributed by atoms with Gasteiger partial charge in [-0.2, -0.15) is 53.0 Å². The standard InChI is InChI=1S/C20H17F9N4O4S/c1-10-4-3-5-14(37-38(35,36)20(28,29)18(23,24)17(21,22)19(25,26)27)12-8-11(6-7-30-12)15-13(32-16(10)34)9-31-33(15)2/h5-10H,3-4H2,1-2H3,(H,32,34)/b14-5+/t10-/m1/s1/i2D3. The Morgan fingerprint density at radius 3 is 2.39 bits per heavy atom. The number of alkyl halides is 9. The van der Waals surface area contributed by atoms with E-state index in [1.165, 1.54) is 6.92 Å². The van der Waals surface area contributed by atoms with Crippen molar-refractivity contribution in [2.45, 2.75) is 43.0 Å². The molecule has 0 saturated carbocycles. The summed E-state index contributed by atoms with van der Waals surface area (Å²) in [6, 6.07) is 1.88. The molecular formula is C20H17F9N4O4S. The highest BCUT2D eigenvalue weighted by Gasteiger charge is 2.86. The van der Waals surface area contributed by atoms with Crippen LogP contribution in [0.2, 0.25) is 0 Å². The van der Waals surface area contributed by atoms with Crippen molar-refractivity contribution in [3.63, 3.8) is 0 Å². The van der Waals surface area contributed by atoms with Crippen LogP contribution in [0.25, 0.3) is 17.0 Å². The van der Waals surface area contributed by atoms with E-state index in [1.807, 2.05) is 0 Å². The maximum atomic E-state index is 14.3. The van der Waals surface area contributed by atoms with Crippen LogP contribution in [0.15, 0.2) is 30.6 Å². The van der Waals surface area contributed by atoms with Gasteiger partial charge in [0.25, 0.3) is 0 Å². The highest BCUT2D eigenvalue weighted by atomic mass is 32.2.